The summed E-state index contributed by atoms with van der Waals surface area (Å²) in [5, 5.41) is 3.39. The van der Waals surface area contributed by atoms with Crippen LogP contribution in [0.1, 0.15) is 31.6 Å². The molecular formula is C26H33N5O5S2. The van der Waals surface area contributed by atoms with E-state index in [1.54, 1.807) is 29.0 Å². The minimum atomic E-state index is -3.22. The maximum Gasteiger partial charge on any atom is 0.259 e. The molecule has 1 N–H and O–H groups in total. The second kappa shape index (κ2) is 10.4. The van der Waals surface area contributed by atoms with Crippen molar-refractivity contribution in [1.82, 2.24) is 18.8 Å². The molecule has 0 spiro atoms. The van der Waals surface area contributed by atoms with Crippen LogP contribution in [0.4, 0.5) is 5.82 Å². The Kier molecular flexibility index (Phi) is 7.33. The molecule has 204 valence electrons. The number of fused-ring (bicyclic) bond motifs is 1. The first kappa shape index (κ1) is 26.8. The fourth-order valence-electron chi connectivity index (χ4n) is 4.75. The molecule has 0 aromatic carbocycles. The first-order chi connectivity index (χ1) is 18.0. The van der Waals surface area contributed by atoms with Gasteiger partial charge in [0.2, 0.25) is 21.8 Å². The second-order valence-corrected chi connectivity index (χ2v) is 13.5. The summed E-state index contributed by atoms with van der Waals surface area (Å²) in [4.78, 5) is 32.6. The molecular weight excluding hydrogens is 526 g/mol. The molecule has 1 atom stereocenters. The Labute approximate surface area is 226 Å². The van der Waals surface area contributed by atoms with Crippen LogP contribution in [0.15, 0.2) is 29.2 Å². The molecule has 4 heterocycles. The lowest BCUT2D eigenvalue weighted by Gasteiger charge is -2.38. The van der Waals surface area contributed by atoms with E-state index in [1.807, 2.05) is 25.3 Å². The van der Waals surface area contributed by atoms with Crippen molar-refractivity contribution in [2.24, 2.45) is 13.0 Å². The molecule has 10 nitrogen and oxygen atoms in total. The average molecular weight is 560 g/mol. The van der Waals surface area contributed by atoms with Crippen LogP contribution in [0.2, 0.25) is 0 Å². The summed E-state index contributed by atoms with van der Waals surface area (Å²) in [5.41, 5.74) is 1.58. The molecule has 38 heavy (non-hydrogen) atoms. The zero-order chi connectivity index (χ0) is 27.2. The predicted molar refractivity (Wildman–Crippen MR) is 149 cm³/mol. The third kappa shape index (κ3) is 5.93. The first-order valence-corrected chi connectivity index (χ1v) is 15.4. The van der Waals surface area contributed by atoms with Crippen molar-refractivity contribution in [3.05, 3.63) is 39.6 Å². The Bertz CT molecular complexity index is 1540. The highest BCUT2D eigenvalue weighted by Crippen LogP contribution is 2.37. The number of aromatic nitrogens is 2. The van der Waals surface area contributed by atoms with E-state index in [2.05, 4.69) is 15.2 Å². The minimum absolute atomic E-state index is 0.0533. The van der Waals surface area contributed by atoms with Crippen LogP contribution in [0.25, 0.3) is 21.2 Å². The van der Waals surface area contributed by atoms with Crippen molar-refractivity contribution in [3.8, 4) is 17.0 Å². The van der Waals surface area contributed by atoms with Crippen molar-refractivity contribution >= 4 is 43.2 Å². The zero-order valence-electron chi connectivity index (χ0n) is 22.1. The average Bonchev–Trinajstić information content (AvgIpc) is 3.58. The Hall–Kier alpha value is -2.80. The van der Waals surface area contributed by atoms with Gasteiger partial charge < -0.3 is 14.6 Å². The molecule has 1 aliphatic heterocycles. The van der Waals surface area contributed by atoms with Crippen LogP contribution in [-0.4, -0.2) is 71.6 Å². The van der Waals surface area contributed by atoms with Crippen molar-refractivity contribution in [1.29, 1.82) is 0 Å². The molecule has 0 bridgehead atoms. The van der Waals surface area contributed by atoms with E-state index in [1.165, 1.54) is 17.5 Å². The number of piperazine rings is 1. The molecule has 1 saturated heterocycles. The van der Waals surface area contributed by atoms with Crippen LogP contribution < -0.4 is 15.6 Å². The largest absolute Gasteiger partial charge is 0.477 e. The Morgan fingerprint density at radius 3 is 2.66 bits per heavy atom. The maximum absolute atomic E-state index is 13.1. The standard InChI is InChI=1S/C26H33N5O5S2/c1-16-12-31(38(4,34)35)8-7-30(16)13-20-11-21-25(37-20)22(14-29(3)26(21)33)19-9-23(27-17(2)32)28-24(10-19)36-15-18-5-6-18/h9-11,14,16,18H,5-8,12-13,15H2,1-4H3,(H,27,28,32)/t16-/m1/s1. The molecule has 1 amide bonds. The Balaban J connectivity index is 1.49. The molecule has 3 aromatic heterocycles. The van der Waals surface area contributed by atoms with E-state index in [-0.39, 0.29) is 17.5 Å². The van der Waals surface area contributed by atoms with Crippen LogP contribution in [-0.2, 0) is 28.4 Å². The number of hydrogen-bond donors (Lipinski definition) is 1. The Morgan fingerprint density at radius 1 is 1.24 bits per heavy atom. The summed E-state index contributed by atoms with van der Waals surface area (Å²) < 4.78 is 33.9. The number of carbonyl (C=O) groups is 1. The van der Waals surface area contributed by atoms with Gasteiger partial charge in [0, 0.05) is 73.6 Å². The highest BCUT2D eigenvalue weighted by atomic mass is 32.2. The van der Waals surface area contributed by atoms with Gasteiger partial charge in [-0.25, -0.2) is 8.42 Å². The van der Waals surface area contributed by atoms with Gasteiger partial charge >= 0.3 is 0 Å². The van der Waals surface area contributed by atoms with Gasteiger partial charge in [-0.1, -0.05) is 0 Å². The van der Waals surface area contributed by atoms with Gasteiger partial charge in [0.1, 0.15) is 5.82 Å². The highest BCUT2D eigenvalue weighted by Gasteiger charge is 2.29. The topological polar surface area (TPSA) is 114 Å². The quantitative estimate of drug-likeness (QED) is 0.451. The SMILES string of the molecule is CC(=O)Nc1cc(-c2cn(C)c(=O)c3cc(CN4CCN(S(C)(=O)=O)C[C@H]4C)sc23)cc(OCC2CC2)n1. The van der Waals surface area contributed by atoms with Crippen molar-refractivity contribution in [2.45, 2.75) is 39.3 Å². The number of sulfonamides is 1. The van der Waals surface area contributed by atoms with Gasteiger partial charge in [0.25, 0.3) is 5.56 Å². The van der Waals surface area contributed by atoms with E-state index >= 15 is 0 Å². The normalized spacial score (nSPS) is 19.1. The van der Waals surface area contributed by atoms with Gasteiger partial charge in [0.05, 0.1) is 18.2 Å². The molecule has 3 aromatic rings. The van der Waals surface area contributed by atoms with Crippen molar-refractivity contribution in [2.75, 3.05) is 37.8 Å². The third-order valence-corrected chi connectivity index (χ3v) is 9.46. The summed E-state index contributed by atoms with van der Waals surface area (Å²) in [6.45, 7) is 6.21. The van der Waals surface area contributed by atoms with Crippen LogP contribution in [0.5, 0.6) is 5.88 Å². The number of ether oxygens (including phenoxy) is 1. The maximum atomic E-state index is 13.1. The molecule has 0 unspecified atom stereocenters. The van der Waals surface area contributed by atoms with Crippen LogP contribution >= 0.6 is 11.3 Å². The smallest absolute Gasteiger partial charge is 0.259 e. The highest BCUT2D eigenvalue weighted by molar-refractivity contribution is 7.88. The Morgan fingerprint density at radius 2 is 2.00 bits per heavy atom. The zero-order valence-corrected chi connectivity index (χ0v) is 23.7. The first-order valence-electron chi connectivity index (χ1n) is 12.7. The van der Waals surface area contributed by atoms with Gasteiger partial charge in [0.15, 0.2) is 0 Å². The minimum Gasteiger partial charge on any atom is -0.477 e. The summed E-state index contributed by atoms with van der Waals surface area (Å²) in [5.74, 6) is 1.17. The molecule has 2 fully saturated rings. The monoisotopic (exact) mass is 559 g/mol. The summed E-state index contributed by atoms with van der Waals surface area (Å²) in [7, 11) is -1.49. The molecule has 12 heteroatoms. The number of nitrogens with zero attached hydrogens (tertiary/aromatic N) is 4. The lowest BCUT2D eigenvalue weighted by atomic mass is 10.1. The number of aryl methyl sites for hydroxylation is 1. The number of rotatable bonds is 8. The van der Waals surface area contributed by atoms with Crippen molar-refractivity contribution < 1.29 is 17.9 Å². The third-order valence-electron chi connectivity index (χ3n) is 7.04. The molecule has 2 aliphatic rings. The number of amides is 1. The number of anilines is 1. The van der Waals surface area contributed by atoms with Gasteiger partial charge in [-0.2, -0.15) is 9.29 Å². The molecule has 5 rings (SSSR count). The number of carbonyl (C=O) groups excluding carboxylic acids is 1. The van der Waals surface area contributed by atoms with E-state index < -0.39 is 10.0 Å². The van der Waals surface area contributed by atoms with E-state index in [0.29, 0.717) is 55.8 Å². The van der Waals surface area contributed by atoms with E-state index in [0.717, 1.165) is 33.5 Å². The summed E-state index contributed by atoms with van der Waals surface area (Å²) >= 11 is 1.56. The van der Waals surface area contributed by atoms with E-state index in [9.17, 15) is 18.0 Å². The van der Waals surface area contributed by atoms with Crippen LogP contribution in [0.3, 0.4) is 0 Å². The fraction of sp³-hybridized carbons (Fsp3) is 0.500. The van der Waals surface area contributed by atoms with Gasteiger partial charge in [-0.05, 0) is 43.4 Å². The molecule has 1 saturated carbocycles. The van der Waals surface area contributed by atoms with Gasteiger partial charge in [-0.3, -0.25) is 14.5 Å². The second-order valence-electron chi connectivity index (χ2n) is 10.4. The number of pyridine rings is 2. The van der Waals surface area contributed by atoms with E-state index in [4.69, 9.17) is 4.74 Å². The lowest BCUT2D eigenvalue weighted by molar-refractivity contribution is -0.114. The fourth-order valence-corrected chi connectivity index (χ4v) is 6.86. The lowest BCUT2D eigenvalue weighted by Crippen LogP contribution is -2.52. The van der Waals surface area contributed by atoms with Gasteiger partial charge in [-0.15, -0.1) is 11.3 Å². The van der Waals surface area contributed by atoms with Crippen molar-refractivity contribution in [3.63, 3.8) is 0 Å². The molecule has 0 radical (unpaired) electrons. The summed E-state index contributed by atoms with van der Waals surface area (Å²) in [6.07, 6.45) is 5.37. The predicted octanol–water partition coefficient (Wildman–Crippen LogP) is 2.87. The number of nitrogens with one attached hydrogen (secondary N) is 1. The summed E-state index contributed by atoms with van der Waals surface area (Å²) in [6, 6.07) is 5.66. The molecule has 1 aliphatic carbocycles. The number of thiophene rings is 1. The number of hydrogen-bond acceptors (Lipinski definition) is 8. The van der Waals surface area contributed by atoms with Crippen LogP contribution in [0, 0.1) is 5.92 Å².